The van der Waals surface area contributed by atoms with Gasteiger partial charge in [0.2, 0.25) is 0 Å². The van der Waals surface area contributed by atoms with Crippen LogP contribution in [0.15, 0.2) is 0 Å². The predicted molar refractivity (Wildman–Crippen MR) is 80.6 cm³/mol. The topological polar surface area (TPSA) is 58.6 Å². The van der Waals surface area contributed by atoms with Crippen LogP contribution in [0.25, 0.3) is 0 Å². The van der Waals surface area contributed by atoms with Crippen molar-refractivity contribution in [1.29, 1.82) is 0 Å². The van der Waals surface area contributed by atoms with E-state index in [0.717, 1.165) is 44.9 Å². The zero-order chi connectivity index (χ0) is 15.2. The molecule has 4 heteroatoms. The monoisotopic (exact) mass is 285 g/mol. The molecule has 118 valence electrons. The highest BCUT2D eigenvalue weighted by Crippen LogP contribution is 2.29. The Morgan fingerprint density at radius 3 is 2.40 bits per heavy atom. The first kappa shape index (κ1) is 17.3. The van der Waals surface area contributed by atoms with Gasteiger partial charge in [-0.1, -0.05) is 19.8 Å². The molecule has 1 atom stereocenters. The number of carbonyl (C=O) groups excluding carboxylic acids is 1. The Balaban J connectivity index is 2.26. The van der Waals surface area contributed by atoms with Crippen molar-refractivity contribution in [2.24, 2.45) is 5.92 Å². The van der Waals surface area contributed by atoms with Crippen LogP contribution in [0.1, 0.15) is 72.6 Å². The minimum Gasteiger partial charge on any atom is -0.444 e. The van der Waals surface area contributed by atoms with E-state index < -0.39 is 5.60 Å². The molecule has 0 aliphatic heterocycles. The Morgan fingerprint density at radius 1 is 1.30 bits per heavy atom. The molecule has 1 aliphatic rings. The van der Waals surface area contributed by atoms with Crippen molar-refractivity contribution >= 4 is 6.09 Å². The highest BCUT2D eigenvalue weighted by molar-refractivity contribution is 5.68. The Morgan fingerprint density at radius 2 is 1.90 bits per heavy atom. The molecule has 0 radical (unpaired) electrons. The van der Waals surface area contributed by atoms with E-state index in [1.807, 2.05) is 20.8 Å². The average molecular weight is 285 g/mol. The van der Waals surface area contributed by atoms with Crippen LogP contribution in [0.5, 0.6) is 0 Å². The second kappa shape index (κ2) is 7.87. The van der Waals surface area contributed by atoms with Gasteiger partial charge in [0.25, 0.3) is 0 Å². The molecule has 1 fully saturated rings. The van der Waals surface area contributed by atoms with Gasteiger partial charge in [-0.05, 0) is 58.8 Å². The predicted octanol–water partition coefficient (Wildman–Crippen LogP) is 3.62. The van der Waals surface area contributed by atoms with Gasteiger partial charge in [0.05, 0.1) is 6.10 Å². The zero-order valence-corrected chi connectivity index (χ0v) is 13.4. The van der Waals surface area contributed by atoms with E-state index in [9.17, 15) is 9.90 Å². The molecule has 0 bridgehead atoms. The van der Waals surface area contributed by atoms with Crippen LogP contribution in [0.2, 0.25) is 0 Å². The summed E-state index contributed by atoms with van der Waals surface area (Å²) in [6.45, 7) is 7.75. The van der Waals surface area contributed by atoms with Crippen LogP contribution in [0.3, 0.4) is 0 Å². The van der Waals surface area contributed by atoms with E-state index in [2.05, 4.69) is 12.2 Å². The SMILES string of the molecule is CCCCC(O)C1CCC(NC(=O)OC(C)(C)C)CC1. The molecular weight excluding hydrogens is 254 g/mol. The molecular formula is C16H31NO3. The van der Waals surface area contributed by atoms with Crippen molar-refractivity contribution < 1.29 is 14.6 Å². The standard InChI is InChI=1S/C16H31NO3/c1-5-6-7-14(18)12-8-10-13(11-9-12)17-15(19)20-16(2,3)4/h12-14,18H,5-11H2,1-4H3,(H,17,19). The van der Waals surface area contributed by atoms with E-state index in [1.54, 1.807) is 0 Å². The summed E-state index contributed by atoms with van der Waals surface area (Å²) in [4.78, 5) is 11.7. The normalized spacial score (nSPS) is 25.1. The molecule has 20 heavy (non-hydrogen) atoms. The molecule has 1 rings (SSSR count). The first-order valence-corrected chi connectivity index (χ1v) is 7.99. The van der Waals surface area contributed by atoms with Crippen LogP contribution in [-0.4, -0.2) is 28.9 Å². The number of amides is 1. The summed E-state index contributed by atoms with van der Waals surface area (Å²) >= 11 is 0. The first-order valence-electron chi connectivity index (χ1n) is 7.99. The number of carbonyl (C=O) groups is 1. The Kier molecular flexibility index (Phi) is 6.80. The highest BCUT2D eigenvalue weighted by Gasteiger charge is 2.27. The van der Waals surface area contributed by atoms with Gasteiger partial charge < -0.3 is 15.2 Å². The highest BCUT2D eigenvalue weighted by atomic mass is 16.6. The molecule has 0 aromatic heterocycles. The van der Waals surface area contributed by atoms with Crippen LogP contribution in [-0.2, 0) is 4.74 Å². The summed E-state index contributed by atoms with van der Waals surface area (Å²) in [5, 5.41) is 13.0. The molecule has 4 nitrogen and oxygen atoms in total. The van der Waals surface area contributed by atoms with Gasteiger partial charge in [0, 0.05) is 6.04 Å². The van der Waals surface area contributed by atoms with Gasteiger partial charge in [-0.25, -0.2) is 4.79 Å². The smallest absolute Gasteiger partial charge is 0.407 e. The molecule has 1 unspecified atom stereocenters. The number of ether oxygens (including phenoxy) is 1. The first-order chi connectivity index (χ1) is 9.31. The van der Waals surface area contributed by atoms with Crippen LogP contribution in [0, 0.1) is 5.92 Å². The summed E-state index contributed by atoms with van der Waals surface area (Å²) in [6.07, 6.45) is 6.50. The zero-order valence-electron chi connectivity index (χ0n) is 13.4. The fourth-order valence-corrected chi connectivity index (χ4v) is 2.77. The molecule has 2 N–H and O–H groups in total. The van der Waals surface area contributed by atoms with Crippen molar-refractivity contribution in [2.75, 3.05) is 0 Å². The molecule has 1 amide bonds. The summed E-state index contributed by atoms with van der Waals surface area (Å²) in [5.41, 5.74) is -0.447. The number of nitrogens with one attached hydrogen (secondary N) is 1. The van der Waals surface area contributed by atoms with Crippen molar-refractivity contribution in [3.05, 3.63) is 0 Å². The van der Waals surface area contributed by atoms with Gasteiger partial charge in [0.15, 0.2) is 0 Å². The number of alkyl carbamates (subject to hydrolysis) is 1. The van der Waals surface area contributed by atoms with Gasteiger partial charge in [-0.3, -0.25) is 0 Å². The maximum absolute atomic E-state index is 11.7. The lowest BCUT2D eigenvalue weighted by molar-refractivity contribution is 0.0439. The Bertz CT molecular complexity index is 291. The lowest BCUT2D eigenvalue weighted by atomic mass is 9.81. The summed E-state index contributed by atoms with van der Waals surface area (Å²) in [7, 11) is 0. The minimum absolute atomic E-state index is 0.169. The van der Waals surface area contributed by atoms with Gasteiger partial charge >= 0.3 is 6.09 Å². The maximum atomic E-state index is 11.7. The second-order valence-electron chi connectivity index (χ2n) is 6.97. The molecule has 1 saturated carbocycles. The van der Waals surface area contributed by atoms with Crippen molar-refractivity contribution in [1.82, 2.24) is 5.32 Å². The lowest BCUT2D eigenvalue weighted by Crippen LogP contribution is -2.42. The second-order valence-corrected chi connectivity index (χ2v) is 6.97. The van der Waals surface area contributed by atoms with Crippen LogP contribution < -0.4 is 5.32 Å². The number of unbranched alkanes of at least 4 members (excludes halogenated alkanes) is 1. The number of rotatable bonds is 5. The molecule has 0 aromatic carbocycles. The average Bonchev–Trinajstić information content (AvgIpc) is 2.34. The number of hydrogen-bond acceptors (Lipinski definition) is 3. The quantitative estimate of drug-likeness (QED) is 0.811. The fourth-order valence-electron chi connectivity index (χ4n) is 2.77. The third-order valence-corrected chi connectivity index (χ3v) is 3.89. The van der Waals surface area contributed by atoms with Gasteiger partial charge in [-0.15, -0.1) is 0 Å². The summed E-state index contributed by atoms with van der Waals surface area (Å²) in [6, 6.07) is 0.194. The molecule has 0 heterocycles. The largest absolute Gasteiger partial charge is 0.444 e. The van der Waals surface area contributed by atoms with Crippen LogP contribution in [0.4, 0.5) is 4.79 Å². The van der Waals surface area contributed by atoms with Crippen molar-refractivity contribution in [2.45, 2.75) is 90.4 Å². The molecule has 0 saturated heterocycles. The van der Waals surface area contributed by atoms with E-state index in [4.69, 9.17) is 4.74 Å². The Labute approximate surface area is 123 Å². The fraction of sp³-hybridized carbons (Fsp3) is 0.938. The molecule has 0 spiro atoms. The number of aliphatic hydroxyl groups is 1. The van der Waals surface area contributed by atoms with Crippen LogP contribution >= 0.6 is 0 Å². The lowest BCUT2D eigenvalue weighted by Gasteiger charge is -2.32. The summed E-state index contributed by atoms with van der Waals surface area (Å²) < 4.78 is 5.27. The van der Waals surface area contributed by atoms with E-state index in [1.165, 1.54) is 0 Å². The Hall–Kier alpha value is -0.770. The third-order valence-electron chi connectivity index (χ3n) is 3.89. The van der Waals surface area contributed by atoms with E-state index in [0.29, 0.717) is 5.92 Å². The third kappa shape index (κ3) is 6.60. The van der Waals surface area contributed by atoms with Crippen molar-refractivity contribution in [3.63, 3.8) is 0 Å². The van der Waals surface area contributed by atoms with Gasteiger partial charge in [0.1, 0.15) is 5.60 Å². The van der Waals surface area contributed by atoms with E-state index >= 15 is 0 Å². The number of hydrogen-bond donors (Lipinski definition) is 2. The summed E-state index contributed by atoms with van der Waals surface area (Å²) in [5.74, 6) is 0.401. The van der Waals surface area contributed by atoms with E-state index in [-0.39, 0.29) is 18.2 Å². The minimum atomic E-state index is -0.447. The molecule has 1 aliphatic carbocycles. The molecule has 0 aromatic rings. The maximum Gasteiger partial charge on any atom is 0.407 e. The van der Waals surface area contributed by atoms with Gasteiger partial charge in [-0.2, -0.15) is 0 Å². The number of aliphatic hydroxyl groups excluding tert-OH is 1. The van der Waals surface area contributed by atoms with Crippen molar-refractivity contribution in [3.8, 4) is 0 Å².